The van der Waals surface area contributed by atoms with Gasteiger partial charge in [0.15, 0.2) is 0 Å². The average Bonchev–Trinajstić information content (AvgIpc) is 2.56. The molecule has 1 amide bonds. The van der Waals surface area contributed by atoms with Crippen LogP contribution in [-0.2, 0) is 14.8 Å². The largest absolute Gasteiger partial charge is 0.517 e. The van der Waals surface area contributed by atoms with Crippen molar-refractivity contribution in [2.45, 2.75) is 18.9 Å². The van der Waals surface area contributed by atoms with Crippen molar-refractivity contribution in [2.75, 3.05) is 4.31 Å². The summed E-state index contributed by atoms with van der Waals surface area (Å²) in [5.41, 5.74) is -6.06. The zero-order chi connectivity index (χ0) is 18.7. The Labute approximate surface area is 141 Å². The summed E-state index contributed by atoms with van der Waals surface area (Å²) in [5.74, 6) is -1.05. The molecule has 0 saturated carbocycles. The molecular weight excluding hydrogens is 363 g/mol. The lowest BCUT2D eigenvalue weighted by atomic mass is 10.3. The van der Waals surface area contributed by atoms with Gasteiger partial charge in [-0.1, -0.05) is 6.92 Å². The van der Waals surface area contributed by atoms with Gasteiger partial charge >= 0.3 is 21.5 Å². The third-order valence-corrected chi connectivity index (χ3v) is 4.36. The zero-order valence-electron chi connectivity index (χ0n) is 12.8. The topological polar surface area (TPSA) is 89.5 Å². The van der Waals surface area contributed by atoms with Crippen molar-refractivity contribution in [3.8, 4) is 11.8 Å². The van der Waals surface area contributed by atoms with Gasteiger partial charge in [0.05, 0.1) is 5.69 Å². The number of amides is 1. The first-order valence-electron chi connectivity index (χ1n) is 6.86. The summed E-state index contributed by atoms with van der Waals surface area (Å²) < 4.78 is 66.7. The molecule has 0 atom stereocenters. The summed E-state index contributed by atoms with van der Waals surface area (Å²) in [7, 11) is -5.86. The lowest BCUT2D eigenvalue weighted by Gasteiger charge is -2.23. The van der Waals surface area contributed by atoms with E-state index >= 15 is 0 Å². The maximum atomic E-state index is 12.8. The molecule has 11 heteroatoms. The van der Waals surface area contributed by atoms with Crippen LogP contribution in [0.5, 0.6) is 11.8 Å². The molecule has 0 radical (unpaired) electrons. The Bertz CT molecular complexity index is 840. The Balaban J connectivity index is 2.35. The molecule has 2 aromatic rings. The Kier molecular flexibility index (Phi) is 5.26. The van der Waals surface area contributed by atoms with Gasteiger partial charge in [0.25, 0.3) is 0 Å². The number of halogens is 3. The highest BCUT2D eigenvalue weighted by Gasteiger charge is 2.52. The van der Waals surface area contributed by atoms with Crippen molar-refractivity contribution in [1.82, 2.24) is 9.97 Å². The minimum atomic E-state index is -5.86. The number of benzene rings is 1. The third kappa shape index (κ3) is 4.05. The maximum absolute atomic E-state index is 12.8. The number of nitrogens with zero attached hydrogens (tertiary/aromatic N) is 3. The quantitative estimate of drug-likeness (QED) is 0.798. The van der Waals surface area contributed by atoms with Crippen LogP contribution in [0.1, 0.15) is 13.3 Å². The standard InChI is InChI=1S/C14H12F3N3O4S/c1-2-12(21)20(25(22,23)14(15,16)17)10-4-6-11(7-5-10)24-13-18-8-3-9-19-13/h3-9H,2H2,1H3. The van der Waals surface area contributed by atoms with Gasteiger partial charge < -0.3 is 4.74 Å². The molecule has 25 heavy (non-hydrogen) atoms. The number of rotatable bonds is 5. The molecule has 0 spiro atoms. The van der Waals surface area contributed by atoms with E-state index in [1.165, 1.54) is 31.5 Å². The van der Waals surface area contributed by atoms with Crippen LogP contribution < -0.4 is 9.04 Å². The Morgan fingerprint density at radius 1 is 1.16 bits per heavy atom. The molecular formula is C14H12F3N3O4S. The molecule has 1 aromatic heterocycles. The molecule has 0 bridgehead atoms. The summed E-state index contributed by atoms with van der Waals surface area (Å²) in [5, 5.41) is 0. The van der Waals surface area contributed by atoms with E-state index in [1.807, 2.05) is 0 Å². The van der Waals surface area contributed by atoms with E-state index in [4.69, 9.17) is 4.74 Å². The van der Waals surface area contributed by atoms with E-state index in [0.29, 0.717) is 0 Å². The first kappa shape index (κ1) is 18.6. The van der Waals surface area contributed by atoms with E-state index in [2.05, 4.69) is 9.97 Å². The molecule has 0 aliphatic rings. The molecule has 134 valence electrons. The van der Waals surface area contributed by atoms with E-state index < -0.39 is 33.5 Å². The van der Waals surface area contributed by atoms with Crippen LogP contribution in [0.25, 0.3) is 0 Å². The van der Waals surface area contributed by atoms with Crippen molar-refractivity contribution < 1.29 is 31.1 Å². The molecule has 0 aliphatic carbocycles. The molecule has 0 fully saturated rings. The summed E-state index contributed by atoms with van der Waals surface area (Å²) in [4.78, 5) is 19.4. The number of carbonyl (C=O) groups excluding carboxylic acids is 1. The monoisotopic (exact) mass is 375 g/mol. The van der Waals surface area contributed by atoms with Crippen LogP contribution in [0.2, 0.25) is 0 Å². The Morgan fingerprint density at radius 2 is 1.72 bits per heavy atom. The Morgan fingerprint density at radius 3 is 2.20 bits per heavy atom. The number of ether oxygens (including phenoxy) is 1. The first-order valence-corrected chi connectivity index (χ1v) is 8.30. The van der Waals surface area contributed by atoms with Gasteiger partial charge in [0, 0.05) is 18.8 Å². The fourth-order valence-corrected chi connectivity index (χ4v) is 2.76. The van der Waals surface area contributed by atoms with Crippen molar-refractivity contribution >= 4 is 21.6 Å². The van der Waals surface area contributed by atoms with Crippen molar-refractivity contribution in [2.24, 2.45) is 0 Å². The number of aromatic nitrogens is 2. The highest BCUT2D eigenvalue weighted by Crippen LogP contribution is 2.32. The van der Waals surface area contributed by atoms with E-state index in [9.17, 15) is 26.4 Å². The summed E-state index contributed by atoms with van der Waals surface area (Å²) in [6, 6.07) is 6.01. The zero-order valence-corrected chi connectivity index (χ0v) is 13.6. The second-order valence-corrected chi connectivity index (χ2v) is 6.37. The smallest absolute Gasteiger partial charge is 0.424 e. The first-order chi connectivity index (χ1) is 11.7. The number of alkyl halides is 3. The van der Waals surface area contributed by atoms with Crippen LogP contribution in [-0.4, -0.2) is 29.8 Å². The lowest BCUT2D eigenvalue weighted by Crippen LogP contribution is -2.44. The van der Waals surface area contributed by atoms with E-state index in [1.54, 1.807) is 6.07 Å². The number of anilines is 1. The van der Waals surface area contributed by atoms with Crippen molar-refractivity contribution in [3.05, 3.63) is 42.7 Å². The van der Waals surface area contributed by atoms with Gasteiger partial charge in [-0.3, -0.25) is 4.79 Å². The predicted molar refractivity (Wildman–Crippen MR) is 81.3 cm³/mol. The highest BCUT2D eigenvalue weighted by molar-refractivity contribution is 7.94. The van der Waals surface area contributed by atoms with E-state index in [-0.39, 0.29) is 16.1 Å². The third-order valence-electron chi connectivity index (χ3n) is 2.88. The molecule has 0 unspecified atom stereocenters. The molecule has 0 N–H and O–H groups in total. The van der Waals surface area contributed by atoms with Crippen LogP contribution in [0.15, 0.2) is 42.7 Å². The van der Waals surface area contributed by atoms with E-state index in [0.717, 1.165) is 12.1 Å². The second kappa shape index (κ2) is 7.05. The Hall–Kier alpha value is -2.69. The lowest BCUT2D eigenvalue weighted by molar-refractivity contribution is -0.117. The van der Waals surface area contributed by atoms with Gasteiger partial charge in [0.1, 0.15) is 5.75 Å². The number of sulfonamides is 1. The van der Waals surface area contributed by atoms with Crippen LogP contribution in [0, 0.1) is 0 Å². The molecule has 1 heterocycles. The number of hydrogen-bond donors (Lipinski definition) is 0. The molecule has 2 rings (SSSR count). The molecule has 0 aliphatic heterocycles. The SMILES string of the molecule is CCC(=O)N(c1ccc(Oc2ncccn2)cc1)S(=O)(=O)C(F)(F)F. The van der Waals surface area contributed by atoms with Crippen molar-refractivity contribution in [1.29, 1.82) is 0 Å². The van der Waals surface area contributed by atoms with Crippen LogP contribution >= 0.6 is 0 Å². The summed E-state index contributed by atoms with van der Waals surface area (Å²) in [6.45, 7) is 1.26. The van der Waals surface area contributed by atoms with Gasteiger partial charge in [-0.2, -0.15) is 25.9 Å². The van der Waals surface area contributed by atoms with Crippen LogP contribution in [0.3, 0.4) is 0 Å². The van der Waals surface area contributed by atoms with Crippen molar-refractivity contribution in [3.63, 3.8) is 0 Å². The second-order valence-electron chi connectivity index (χ2n) is 4.59. The van der Waals surface area contributed by atoms with Gasteiger partial charge in [0.2, 0.25) is 5.91 Å². The normalized spacial score (nSPS) is 11.8. The number of hydrogen-bond acceptors (Lipinski definition) is 6. The molecule has 1 aromatic carbocycles. The average molecular weight is 375 g/mol. The summed E-state index contributed by atoms with van der Waals surface area (Å²) >= 11 is 0. The minimum absolute atomic E-state index is 0.000321. The fourth-order valence-electron chi connectivity index (χ4n) is 1.76. The maximum Gasteiger partial charge on any atom is 0.517 e. The fraction of sp³-hybridized carbons (Fsp3) is 0.214. The highest BCUT2D eigenvalue weighted by atomic mass is 32.2. The van der Waals surface area contributed by atoms with Gasteiger partial charge in [-0.25, -0.2) is 9.97 Å². The molecule has 0 saturated heterocycles. The number of carbonyl (C=O) groups is 1. The van der Waals surface area contributed by atoms with Crippen LogP contribution in [0.4, 0.5) is 18.9 Å². The predicted octanol–water partition coefficient (Wildman–Crippen LogP) is 2.86. The van der Waals surface area contributed by atoms with Gasteiger partial charge in [-0.15, -0.1) is 0 Å². The van der Waals surface area contributed by atoms with Gasteiger partial charge in [-0.05, 0) is 30.3 Å². The molecule has 7 nitrogen and oxygen atoms in total. The summed E-state index contributed by atoms with van der Waals surface area (Å²) in [6.07, 6.45) is 2.42. The minimum Gasteiger partial charge on any atom is -0.424 e.